The minimum absolute atomic E-state index is 0.0313. The van der Waals surface area contributed by atoms with Crippen LogP contribution in [0.2, 0.25) is 0 Å². The fourth-order valence-corrected chi connectivity index (χ4v) is 9.51. The first-order valence-corrected chi connectivity index (χ1v) is 17.0. The third-order valence-corrected chi connectivity index (χ3v) is 11.6. The third kappa shape index (κ3) is 5.32. The number of anilines is 2. The van der Waals surface area contributed by atoms with Crippen molar-refractivity contribution >= 4 is 43.1 Å². The van der Waals surface area contributed by atoms with E-state index in [1.165, 1.54) is 12.1 Å². The Morgan fingerprint density at radius 2 is 2.04 bits per heavy atom. The fraction of sp³-hybridized carbons (Fsp3) is 0.441. The molecule has 2 bridgehead atoms. The van der Waals surface area contributed by atoms with Gasteiger partial charge in [-0.1, -0.05) is 12.1 Å². The first-order chi connectivity index (χ1) is 23.8. The van der Waals surface area contributed by atoms with Crippen molar-refractivity contribution in [3.63, 3.8) is 0 Å². The molecule has 0 spiro atoms. The Hall–Kier alpha value is -4.20. The molecule has 0 radical (unpaired) electrons. The molecule has 4 saturated heterocycles. The molecule has 0 amide bonds. The molecule has 2 aromatic heterocycles. The average molecular weight is 718 g/mol. The van der Waals surface area contributed by atoms with Crippen LogP contribution in [-0.4, -0.2) is 70.9 Å². The van der Waals surface area contributed by atoms with Crippen molar-refractivity contribution in [3.8, 4) is 23.2 Å². The zero-order chi connectivity index (χ0) is 35.2. The van der Waals surface area contributed by atoms with E-state index in [-0.39, 0.29) is 77.4 Å². The molecule has 4 fully saturated rings. The summed E-state index contributed by atoms with van der Waals surface area (Å²) in [6.07, 6.45) is -4.66. The highest BCUT2D eigenvalue weighted by Gasteiger charge is 2.50. The van der Waals surface area contributed by atoms with E-state index in [4.69, 9.17) is 10.5 Å². The number of nitrogen functional groups attached to an aromatic ring is 1. The number of thiophene rings is 1. The van der Waals surface area contributed by atoms with Gasteiger partial charge < -0.3 is 20.7 Å². The van der Waals surface area contributed by atoms with Crippen LogP contribution in [0.25, 0.3) is 32.1 Å². The number of hydrogen-bond donors (Lipinski definition) is 2. The van der Waals surface area contributed by atoms with E-state index in [9.17, 15) is 18.4 Å². The van der Waals surface area contributed by atoms with Crippen molar-refractivity contribution in [2.24, 2.45) is 0 Å². The number of ether oxygens (including phenoxy) is 1. The predicted octanol–water partition coefficient (Wildman–Crippen LogP) is 7.17. The van der Waals surface area contributed by atoms with Gasteiger partial charge in [0.05, 0.1) is 22.2 Å². The molecule has 0 saturated carbocycles. The summed E-state index contributed by atoms with van der Waals surface area (Å²) >= 11 is 0.999. The predicted molar refractivity (Wildman–Crippen MR) is 174 cm³/mol. The van der Waals surface area contributed by atoms with Crippen molar-refractivity contribution in [1.82, 2.24) is 20.2 Å². The number of alkyl halides is 4. The second kappa shape index (κ2) is 11.7. The smallest absolute Gasteiger partial charge is 0.417 e. The molecule has 3 N–H and O–H groups in total. The Morgan fingerprint density at radius 1 is 1.22 bits per heavy atom. The van der Waals surface area contributed by atoms with Gasteiger partial charge in [0.15, 0.2) is 5.82 Å². The molecule has 1 unspecified atom stereocenters. The van der Waals surface area contributed by atoms with Crippen molar-refractivity contribution in [1.29, 1.82) is 5.26 Å². The van der Waals surface area contributed by atoms with Crippen LogP contribution in [-0.2, 0) is 6.18 Å². The standard InChI is InChI=1S/C34H30F7N7OS/c35-17-10-33(6-2-8-48(33)13-17)16-49-31-44-28-20(30(45-31)47-14-18-5-7-32(15-47,46-18)11-24(36)37)9-22(34(39,40)41)26(27(28)38)19-3-1-4-23-25(19)21(12-42)29(43)50-23/h1,3-4,9,11,17-18,46H,2,5-8,10,13-16,43H2/t17-,18-,32-,33?/m1/s1. The molecule has 4 aromatic rings. The van der Waals surface area contributed by atoms with Gasteiger partial charge in [0.25, 0.3) is 6.08 Å². The molecule has 262 valence electrons. The van der Waals surface area contributed by atoms with Gasteiger partial charge in [-0.25, -0.2) is 8.78 Å². The van der Waals surface area contributed by atoms with Gasteiger partial charge in [-0.2, -0.15) is 37.2 Å². The fourth-order valence-electron chi connectivity index (χ4n) is 8.56. The molecule has 8 rings (SSSR count). The van der Waals surface area contributed by atoms with Crippen molar-refractivity contribution in [2.45, 2.75) is 61.6 Å². The number of nitrogens with two attached hydrogens (primary N) is 1. The number of aromatic nitrogens is 2. The molecule has 0 aliphatic carbocycles. The number of nitriles is 1. The van der Waals surface area contributed by atoms with Crippen LogP contribution in [0.5, 0.6) is 6.01 Å². The molecule has 4 aliphatic rings. The summed E-state index contributed by atoms with van der Waals surface area (Å²) in [6.45, 7) is 1.00. The maximum atomic E-state index is 17.1. The lowest BCUT2D eigenvalue weighted by molar-refractivity contribution is -0.137. The van der Waals surface area contributed by atoms with Crippen molar-refractivity contribution in [3.05, 3.63) is 53.4 Å². The van der Waals surface area contributed by atoms with Crippen LogP contribution in [0.4, 0.5) is 41.6 Å². The average Bonchev–Trinajstić information content (AvgIpc) is 3.77. The Morgan fingerprint density at radius 3 is 2.80 bits per heavy atom. The number of rotatable bonds is 6. The monoisotopic (exact) mass is 717 g/mol. The summed E-state index contributed by atoms with van der Waals surface area (Å²) in [6, 6.07) is 6.42. The molecule has 4 aliphatic heterocycles. The van der Waals surface area contributed by atoms with Crippen LogP contribution in [0.1, 0.15) is 43.2 Å². The van der Waals surface area contributed by atoms with Gasteiger partial charge in [-0.3, -0.25) is 4.90 Å². The van der Waals surface area contributed by atoms with Gasteiger partial charge in [0, 0.05) is 59.2 Å². The van der Waals surface area contributed by atoms with Gasteiger partial charge in [-0.05, 0) is 49.9 Å². The molecular formula is C34H30F7N7OS. The number of piperazine rings is 1. The lowest BCUT2D eigenvalue weighted by Gasteiger charge is -2.40. The number of hydrogen-bond acceptors (Lipinski definition) is 9. The van der Waals surface area contributed by atoms with Gasteiger partial charge in [0.1, 0.15) is 35.2 Å². The van der Waals surface area contributed by atoms with Crippen LogP contribution in [0.15, 0.2) is 36.4 Å². The summed E-state index contributed by atoms with van der Waals surface area (Å²) in [4.78, 5) is 12.4. The van der Waals surface area contributed by atoms with E-state index in [0.29, 0.717) is 30.5 Å². The van der Waals surface area contributed by atoms with E-state index >= 15 is 17.6 Å². The highest BCUT2D eigenvalue weighted by molar-refractivity contribution is 7.23. The summed E-state index contributed by atoms with van der Waals surface area (Å²) in [5.74, 6) is -1.42. The number of benzene rings is 2. The van der Waals surface area contributed by atoms with Crippen LogP contribution in [0, 0.1) is 17.1 Å². The lowest BCUT2D eigenvalue weighted by atomic mass is 9.92. The molecule has 16 heteroatoms. The normalized spacial score (nSPS) is 26.5. The lowest BCUT2D eigenvalue weighted by Crippen LogP contribution is -2.59. The van der Waals surface area contributed by atoms with E-state index in [1.807, 2.05) is 11.0 Å². The largest absolute Gasteiger partial charge is 0.461 e. The topological polar surface area (TPSA) is 103 Å². The van der Waals surface area contributed by atoms with E-state index < -0.39 is 52.0 Å². The van der Waals surface area contributed by atoms with Gasteiger partial charge in [-0.15, -0.1) is 11.3 Å². The second-order valence-corrected chi connectivity index (χ2v) is 14.8. The number of nitrogens with one attached hydrogen (secondary N) is 1. The van der Waals surface area contributed by atoms with E-state index in [0.717, 1.165) is 29.9 Å². The zero-order valence-electron chi connectivity index (χ0n) is 26.4. The van der Waals surface area contributed by atoms with E-state index in [1.54, 1.807) is 11.0 Å². The Bertz CT molecular complexity index is 2110. The van der Waals surface area contributed by atoms with Gasteiger partial charge in [0.2, 0.25) is 0 Å². The molecule has 6 heterocycles. The summed E-state index contributed by atoms with van der Waals surface area (Å²) in [7, 11) is 0. The van der Waals surface area contributed by atoms with E-state index in [2.05, 4.69) is 15.3 Å². The Kier molecular flexibility index (Phi) is 7.70. The summed E-state index contributed by atoms with van der Waals surface area (Å²) in [5.41, 5.74) is 1.33. The highest BCUT2D eigenvalue weighted by atomic mass is 32.1. The number of nitrogens with zero attached hydrogens (tertiary/aromatic N) is 5. The highest BCUT2D eigenvalue weighted by Crippen LogP contribution is 2.48. The first-order valence-electron chi connectivity index (χ1n) is 16.2. The summed E-state index contributed by atoms with van der Waals surface area (Å²) in [5, 5.41) is 12.9. The zero-order valence-corrected chi connectivity index (χ0v) is 27.2. The molecule has 4 atom stereocenters. The van der Waals surface area contributed by atoms with Crippen LogP contribution < -0.4 is 20.7 Å². The maximum Gasteiger partial charge on any atom is 0.417 e. The number of fused-ring (bicyclic) bond motifs is 5. The summed E-state index contributed by atoms with van der Waals surface area (Å²) < 4.78 is 110. The third-order valence-electron chi connectivity index (χ3n) is 10.6. The SMILES string of the molecule is N#Cc1c(N)sc2cccc(-c3c(C(F)(F)F)cc4c(N5C[C@H]6CC[C@@](C=C(F)F)(C5)N6)nc(OCC56CCCN5C[C@H](F)C6)nc4c3F)c12. The molecular weight excluding hydrogens is 687 g/mol. The minimum atomic E-state index is -5.08. The Balaban J connectivity index is 1.34. The second-order valence-electron chi connectivity index (χ2n) is 13.7. The quantitative estimate of drug-likeness (QED) is 0.203. The van der Waals surface area contributed by atoms with Crippen LogP contribution in [0.3, 0.4) is 0 Å². The van der Waals surface area contributed by atoms with Crippen LogP contribution >= 0.6 is 11.3 Å². The van der Waals surface area contributed by atoms with Gasteiger partial charge >= 0.3 is 12.2 Å². The molecule has 2 aromatic carbocycles. The first kappa shape index (κ1) is 33.0. The molecule has 8 nitrogen and oxygen atoms in total. The number of halogens is 7. The maximum absolute atomic E-state index is 17.1. The van der Waals surface area contributed by atoms with Crippen molar-refractivity contribution in [2.75, 3.05) is 43.4 Å². The Labute approximate surface area is 285 Å². The van der Waals surface area contributed by atoms with Crippen molar-refractivity contribution < 1.29 is 35.5 Å². The minimum Gasteiger partial charge on any atom is -0.461 e. The molecule has 50 heavy (non-hydrogen) atoms.